The van der Waals surface area contributed by atoms with Gasteiger partial charge in [-0.3, -0.25) is 0 Å². The molecule has 0 aliphatic rings. The van der Waals surface area contributed by atoms with Gasteiger partial charge in [-0.15, -0.1) is 11.8 Å². The second-order valence-electron chi connectivity index (χ2n) is 4.27. The Balaban J connectivity index is 1.80. The van der Waals surface area contributed by atoms with Crippen molar-refractivity contribution in [2.45, 2.75) is 17.7 Å². The average Bonchev–Trinajstić information content (AvgIpc) is 2.45. The molecular weight excluding hydrogens is 256 g/mol. The van der Waals surface area contributed by atoms with Gasteiger partial charge in [0.2, 0.25) is 0 Å². The van der Waals surface area contributed by atoms with Gasteiger partial charge in [-0.05, 0) is 48.4 Å². The van der Waals surface area contributed by atoms with E-state index in [-0.39, 0.29) is 0 Å². The Labute approximate surface area is 117 Å². The summed E-state index contributed by atoms with van der Waals surface area (Å²) >= 11 is 1.83. The monoisotopic (exact) mass is 272 g/mol. The molecule has 0 heterocycles. The fourth-order valence-corrected chi connectivity index (χ4v) is 2.72. The number of carboxylic acids is 1. The molecule has 0 aliphatic heterocycles. The van der Waals surface area contributed by atoms with Gasteiger partial charge in [0, 0.05) is 4.90 Å². The van der Waals surface area contributed by atoms with Crippen molar-refractivity contribution >= 4 is 17.7 Å². The Morgan fingerprint density at radius 3 is 2.58 bits per heavy atom. The Hall–Kier alpha value is -1.74. The maximum Gasteiger partial charge on any atom is 0.335 e. The summed E-state index contributed by atoms with van der Waals surface area (Å²) in [6.45, 7) is 0. The minimum Gasteiger partial charge on any atom is -0.478 e. The van der Waals surface area contributed by atoms with E-state index in [1.165, 1.54) is 4.90 Å². The maximum atomic E-state index is 10.9. The zero-order chi connectivity index (χ0) is 13.5. The van der Waals surface area contributed by atoms with Gasteiger partial charge in [-0.1, -0.05) is 30.3 Å². The maximum absolute atomic E-state index is 10.9. The lowest BCUT2D eigenvalue weighted by atomic mass is 10.1. The number of carboxylic acid groups (broad SMARTS) is 1. The number of aryl methyl sites for hydroxylation is 1. The van der Waals surface area contributed by atoms with E-state index in [0.29, 0.717) is 5.56 Å². The first kappa shape index (κ1) is 13.7. The molecule has 0 saturated heterocycles. The lowest BCUT2D eigenvalue weighted by Gasteiger charge is -2.03. The van der Waals surface area contributed by atoms with Gasteiger partial charge in [0.05, 0.1) is 5.56 Å². The van der Waals surface area contributed by atoms with Crippen molar-refractivity contribution < 1.29 is 9.90 Å². The SMILES string of the molecule is O=C(O)c1cccc(CCCSc2ccccc2)c1. The summed E-state index contributed by atoms with van der Waals surface area (Å²) in [7, 11) is 0. The molecule has 0 unspecified atom stereocenters. The molecule has 0 atom stereocenters. The lowest BCUT2D eigenvalue weighted by Crippen LogP contribution is -1.97. The number of aromatic carboxylic acids is 1. The van der Waals surface area contributed by atoms with Crippen LogP contribution in [0.5, 0.6) is 0 Å². The third-order valence-corrected chi connectivity index (χ3v) is 3.89. The predicted octanol–water partition coefficient (Wildman–Crippen LogP) is 4.11. The molecule has 98 valence electrons. The second kappa shape index (κ2) is 7.00. The predicted molar refractivity (Wildman–Crippen MR) is 78.9 cm³/mol. The molecule has 0 spiro atoms. The minimum atomic E-state index is -0.861. The first-order valence-electron chi connectivity index (χ1n) is 6.26. The highest BCUT2D eigenvalue weighted by atomic mass is 32.2. The van der Waals surface area contributed by atoms with Gasteiger partial charge in [0.25, 0.3) is 0 Å². The van der Waals surface area contributed by atoms with Crippen LogP contribution in [0, 0.1) is 0 Å². The van der Waals surface area contributed by atoms with Crippen molar-refractivity contribution in [1.29, 1.82) is 0 Å². The molecule has 1 N–H and O–H groups in total. The number of rotatable bonds is 6. The summed E-state index contributed by atoms with van der Waals surface area (Å²) in [5.74, 6) is 0.182. The number of hydrogen-bond donors (Lipinski definition) is 1. The summed E-state index contributed by atoms with van der Waals surface area (Å²) in [4.78, 5) is 12.1. The van der Waals surface area contributed by atoms with E-state index in [9.17, 15) is 4.79 Å². The molecule has 0 bridgehead atoms. The van der Waals surface area contributed by atoms with E-state index < -0.39 is 5.97 Å². The van der Waals surface area contributed by atoms with E-state index >= 15 is 0 Å². The van der Waals surface area contributed by atoms with Crippen LogP contribution in [0.1, 0.15) is 22.3 Å². The van der Waals surface area contributed by atoms with Gasteiger partial charge < -0.3 is 5.11 Å². The smallest absolute Gasteiger partial charge is 0.335 e. The number of hydrogen-bond acceptors (Lipinski definition) is 2. The molecule has 0 fully saturated rings. The number of carbonyl (C=O) groups is 1. The third-order valence-electron chi connectivity index (χ3n) is 2.80. The highest BCUT2D eigenvalue weighted by Crippen LogP contribution is 2.19. The van der Waals surface area contributed by atoms with Crippen LogP contribution in [-0.4, -0.2) is 16.8 Å². The molecule has 0 aromatic heterocycles. The van der Waals surface area contributed by atoms with Crippen molar-refractivity contribution in [2.75, 3.05) is 5.75 Å². The second-order valence-corrected chi connectivity index (χ2v) is 5.44. The van der Waals surface area contributed by atoms with E-state index in [4.69, 9.17) is 5.11 Å². The molecule has 2 aromatic rings. The zero-order valence-electron chi connectivity index (χ0n) is 10.6. The lowest BCUT2D eigenvalue weighted by molar-refractivity contribution is 0.0697. The standard InChI is InChI=1S/C16H16O2S/c17-16(18)14-8-4-6-13(12-14)7-5-11-19-15-9-2-1-3-10-15/h1-4,6,8-10,12H,5,7,11H2,(H,17,18). The highest BCUT2D eigenvalue weighted by molar-refractivity contribution is 7.99. The summed E-state index contributed by atoms with van der Waals surface area (Å²) in [6.07, 6.45) is 1.96. The van der Waals surface area contributed by atoms with Crippen LogP contribution in [-0.2, 0) is 6.42 Å². The molecule has 2 nitrogen and oxygen atoms in total. The Kier molecular flexibility index (Phi) is 5.04. The van der Waals surface area contributed by atoms with Crippen LogP contribution in [0.15, 0.2) is 59.5 Å². The van der Waals surface area contributed by atoms with E-state index in [0.717, 1.165) is 24.2 Å². The third kappa shape index (κ3) is 4.45. The molecule has 0 radical (unpaired) electrons. The fourth-order valence-electron chi connectivity index (χ4n) is 1.84. The normalized spacial score (nSPS) is 10.3. The molecule has 19 heavy (non-hydrogen) atoms. The molecule has 0 saturated carbocycles. The number of benzene rings is 2. The Morgan fingerprint density at radius 1 is 1.05 bits per heavy atom. The van der Waals surface area contributed by atoms with Gasteiger partial charge in [0.1, 0.15) is 0 Å². The molecule has 2 aromatic carbocycles. The molecule has 3 heteroatoms. The quantitative estimate of drug-likeness (QED) is 0.635. The molecule has 0 amide bonds. The highest BCUT2D eigenvalue weighted by Gasteiger charge is 2.03. The zero-order valence-corrected chi connectivity index (χ0v) is 11.4. The van der Waals surface area contributed by atoms with Crippen LogP contribution in [0.3, 0.4) is 0 Å². The van der Waals surface area contributed by atoms with Crippen LogP contribution in [0.2, 0.25) is 0 Å². The Morgan fingerprint density at radius 2 is 1.84 bits per heavy atom. The van der Waals surface area contributed by atoms with E-state index in [2.05, 4.69) is 12.1 Å². The van der Waals surface area contributed by atoms with Gasteiger partial charge in [-0.25, -0.2) is 4.79 Å². The molecule has 2 rings (SSSR count). The molecular formula is C16H16O2S. The van der Waals surface area contributed by atoms with Gasteiger partial charge >= 0.3 is 5.97 Å². The number of thioether (sulfide) groups is 1. The topological polar surface area (TPSA) is 37.3 Å². The average molecular weight is 272 g/mol. The fraction of sp³-hybridized carbons (Fsp3) is 0.188. The van der Waals surface area contributed by atoms with Crippen LogP contribution in [0.25, 0.3) is 0 Å². The first-order valence-corrected chi connectivity index (χ1v) is 7.24. The van der Waals surface area contributed by atoms with Gasteiger partial charge in [-0.2, -0.15) is 0 Å². The van der Waals surface area contributed by atoms with E-state index in [1.807, 2.05) is 42.1 Å². The summed E-state index contributed by atoms with van der Waals surface area (Å²) in [5, 5.41) is 8.93. The summed E-state index contributed by atoms with van der Waals surface area (Å²) in [5.41, 5.74) is 1.46. The summed E-state index contributed by atoms with van der Waals surface area (Å²) < 4.78 is 0. The van der Waals surface area contributed by atoms with Crippen molar-refractivity contribution in [1.82, 2.24) is 0 Å². The Bertz CT molecular complexity index is 537. The van der Waals surface area contributed by atoms with Crippen LogP contribution < -0.4 is 0 Å². The summed E-state index contributed by atoms with van der Waals surface area (Å²) in [6, 6.07) is 17.5. The van der Waals surface area contributed by atoms with Gasteiger partial charge in [0.15, 0.2) is 0 Å². The van der Waals surface area contributed by atoms with Crippen molar-refractivity contribution in [3.63, 3.8) is 0 Å². The van der Waals surface area contributed by atoms with Crippen molar-refractivity contribution in [2.24, 2.45) is 0 Å². The van der Waals surface area contributed by atoms with Crippen molar-refractivity contribution in [3.8, 4) is 0 Å². The van der Waals surface area contributed by atoms with E-state index in [1.54, 1.807) is 12.1 Å². The first-order chi connectivity index (χ1) is 9.25. The van der Waals surface area contributed by atoms with Crippen LogP contribution in [0.4, 0.5) is 0 Å². The minimum absolute atomic E-state index is 0.369. The van der Waals surface area contributed by atoms with Crippen molar-refractivity contribution in [3.05, 3.63) is 65.7 Å². The largest absolute Gasteiger partial charge is 0.478 e. The molecule has 0 aliphatic carbocycles. The van der Waals surface area contributed by atoms with Crippen LogP contribution >= 0.6 is 11.8 Å².